The maximum absolute atomic E-state index is 14.0. The molecule has 0 radical (unpaired) electrons. The Labute approximate surface area is 361 Å². The summed E-state index contributed by atoms with van der Waals surface area (Å²) in [7, 11) is 0. The molecule has 1 saturated heterocycles. The number of amides is 8. The number of hydrogen-bond donors (Lipinski definition) is 13. The monoisotopic (exact) mass is 887 g/mol. The van der Waals surface area contributed by atoms with Crippen molar-refractivity contribution in [1.29, 1.82) is 0 Å². The predicted molar refractivity (Wildman–Crippen MR) is 221 cm³/mol. The van der Waals surface area contributed by atoms with E-state index in [-0.39, 0.29) is 32.2 Å². The number of nitrogens with two attached hydrogens (primary N) is 3. The van der Waals surface area contributed by atoms with Crippen molar-refractivity contribution in [3.05, 3.63) is 36.0 Å². The van der Waals surface area contributed by atoms with Crippen LogP contribution in [0.25, 0.3) is 10.9 Å². The SMILES string of the molecule is C[C@H](N)C(=O)N[C@@H](CC(=O)O)C(=O)N[C@@H](CC(=O)O)C(=O)N1CCC[C@H]1C(=O)N[C@@H](CO)C(=O)N[C@@H](Cc1c[nH]c2ccccc12)C(=O)N[C@@H](CCCCN)C(=O)N[C@@H](C)C(N)=O. The number of aromatic nitrogens is 1. The average molecular weight is 888 g/mol. The van der Waals surface area contributed by atoms with Crippen LogP contribution >= 0.6 is 0 Å². The molecular weight excluding hydrogens is 830 g/mol. The van der Waals surface area contributed by atoms with E-state index in [1.165, 1.54) is 13.8 Å². The van der Waals surface area contributed by atoms with Gasteiger partial charge < -0.3 is 74.3 Å². The van der Waals surface area contributed by atoms with Gasteiger partial charge in [0, 0.05) is 30.1 Å². The van der Waals surface area contributed by atoms with Gasteiger partial charge in [0.1, 0.15) is 42.3 Å². The van der Waals surface area contributed by atoms with Crippen molar-refractivity contribution in [1.82, 2.24) is 41.8 Å². The number of primary amides is 1. The Balaban J connectivity index is 1.85. The van der Waals surface area contributed by atoms with Gasteiger partial charge in [-0.2, -0.15) is 0 Å². The van der Waals surface area contributed by atoms with E-state index in [1.54, 1.807) is 30.5 Å². The highest BCUT2D eigenvalue weighted by molar-refractivity contribution is 5.99. The molecule has 8 atom stereocenters. The van der Waals surface area contributed by atoms with Gasteiger partial charge in [-0.25, -0.2) is 0 Å². The Morgan fingerprint density at radius 1 is 0.762 bits per heavy atom. The van der Waals surface area contributed by atoms with Crippen LogP contribution in [-0.4, -0.2) is 152 Å². The molecule has 16 N–H and O–H groups in total. The lowest BCUT2D eigenvalue weighted by molar-refractivity contribution is -0.147. The summed E-state index contributed by atoms with van der Waals surface area (Å²) >= 11 is 0. The molecule has 346 valence electrons. The third-order valence-corrected chi connectivity index (χ3v) is 10.2. The molecule has 1 aliphatic heterocycles. The lowest BCUT2D eigenvalue weighted by Crippen LogP contribution is -2.61. The summed E-state index contributed by atoms with van der Waals surface area (Å²) in [4.78, 5) is 133. The molecule has 1 aromatic heterocycles. The van der Waals surface area contributed by atoms with Gasteiger partial charge in [-0.05, 0) is 64.1 Å². The zero-order chi connectivity index (χ0) is 47.0. The smallest absolute Gasteiger partial charge is 0.305 e. The quantitative estimate of drug-likeness (QED) is 0.0418. The number of para-hydroxylation sites is 1. The maximum Gasteiger partial charge on any atom is 0.305 e. The lowest BCUT2D eigenvalue weighted by atomic mass is 10.0. The third kappa shape index (κ3) is 15.0. The molecule has 63 heavy (non-hydrogen) atoms. The van der Waals surface area contributed by atoms with Crippen molar-refractivity contribution in [3.63, 3.8) is 0 Å². The average Bonchev–Trinajstić information content (AvgIpc) is 3.88. The van der Waals surface area contributed by atoms with Crippen molar-refractivity contribution in [2.24, 2.45) is 17.2 Å². The van der Waals surface area contributed by atoms with Crippen molar-refractivity contribution < 1.29 is 63.3 Å². The number of likely N-dealkylation sites (tertiary alicyclic amines) is 1. The normalized spacial score (nSPS) is 16.8. The van der Waals surface area contributed by atoms with Gasteiger partial charge in [-0.15, -0.1) is 0 Å². The third-order valence-electron chi connectivity index (χ3n) is 10.2. The topological polar surface area (TPSA) is 401 Å². The summed E-state index contributed by atoms with van der Waals surface area (Å²) in [6.45, 7) is 1.83. The van der Waals surface area contributed by atoms with Gasteiger partial charge in [0.15, 0.2) is 0 Å². The van der Waals surface area contributed by atoms with Crippen molar-refractivity contribution in [2.75, 3.05) is 19.7 Å². The first kappa shape index (κ1) is 50.7. The highest BCUT2D eigenvalue weighted by Crippen LogP contribution is 2.21. The molecule has 3 rings (SSSR count). The van der Waals surface area contributed by atoms with E-state index in [2.05, 4.69) is 36.9 Å². The van der Waals surface area contributed by atoms with Crippen molar-refractivity contribution >= 4 is 70.1 Å². The fourth-order valence-corrected chi connectivity index (χ4v) is 6.72. The van der Waals surface area contributed by atoms with E-state index < -0.39 is 127 Å². The summed E-state index contributed by atoms with van der Waals surface area (Å²) in [6.07, 6.45) is 0.752. The Morgan fingerprint density at radius 3 is 1.95 bits per heavy atom. The summed E-state index contributed by atoms with van der Waals surface area (Å²) < 4.78 is 0. The maximum atomic E-state index is 14.0. The minimum absolute atomic E-state index is 0.00470. The molecule has 1 aromatic carbocycles. The van der Waals surface area contributed by atoms with Crippen LogP contribution in [0, 0.1) is 0 Å². The number of hydrogen-bond acceptors (Lipinski definition) is 13. The van der Waals surface area contributed by atoms with E-state index in [4.69, 9.17) is 17.2 Å². The number of nitrogens with one attached hydrogen (secondary N) is 7. The van der Waals surface area contributed by atoms with Crippen LogP contribution in [0.1, 0.15) is 64.4 Å². The number of unbranched alkanes of at least 4 members (excludes halogenated alkanes) is 1. The number of carboxylic acid groups (broad SMARTS) is 2. The largest absolute Gasteiger partial charge is 0.481 e. The van der Waals surface area contributed by atoms with Gasteiger partial charge in [-0.3, -0.25) is 47.9 Å². The van der Waals surface area contributed by atoms with E-state index >= 15 is 0 Å². The zero-order valence-electron chi connectivity index (χ0n) is 34.9. The van der Waals surface area contributed by atoms with Gasteiger partial charge in [0.2, 0.25) is 47.3 Å². The molecule has 0 saturated carbocycles. The van der Waals surface area contributed by atoms with Crippen LogP contribution in [0.5, 0.6) is 0 Å². The van der Waals surface area contributed by atoms with Crippen LogP contribution in [-0.2, 0) is 54.4 Å². The van der Waals surface area contributed by atoms with Crippen LogP contribution in [0.2, 0.25) is 0 Å². The molecule has 24 heteroatoms. The van der Waals surface area contributed by atoms with E-state index in [0.717, 1.165) is 4.90 Å². The molecule has 24 nitrogen and oxygen atoms in total. The fourth-order valence-electron chi connectivity index (χ4n) is 6.72. The van der Waals surface area contributed by atoms with E-state index in [9.17, 15) is 63.3 Å². The number of aliphatic carboxylic acids is 2. The number of carboxylic acids is 2. The Bertz CT molecular complexity index is 2010. The fraction of sp³-hybridized carbons (Fsp3) is 0.538. The molecule has 2 aromatic rings. The summed E-state index contributed by atoms with van der Waals surface area (Å²) in [5.41, 5.74) is 17.8. The number of fused-ring (bicyclic) bond motifs is 1. The van der Waals surface area contributed by atoms with Crippen molar-refractivity contribution in [2.45, 2.75) is 114 Å². The lowest BCUT2D eigenvalue weighted by Gasteiger charge is -2.30. The second-order valence-corrected chi connectivity index (χ2v) is 15.1. The zero-order valence-corrected chi connectivity index (χ0v) is 34.9. The van der Waals surface area contributed by atoms with Crippen LogP contribution in [0.3, 0.4) is 0 Å². The Kier molecular flexibility index (Phi) is 19.4. The number of H-pyrrole nitrogens is 1. The first-order chi connectivity index (χ1) is 29.8. The number of benzene rings is 1. The van der Waals surface area contributed by atoms with E-state index in [1.807, 2.05) is 0 Å². The molecule has 1 fully saturated rings. The number of aliphatic hydroxyl groups is 1. The molecular formula is C39H57N11O13. The predicted octanol–water partition coefficient (Wildman–Crippen LogP) is -4.47. The second kappa shape index (κ2) is 24.1. The number of carbonyl (C=O) groups is 10. The summed E-state index contributed by atoms with van der Waals surface area (Å²) in [5.74, 6) is -10.6. The minimum atomic E-state index is -1.84. The number of aromatic amines is 1. The van der Waals surface area contributed by atoms with Gasteiger partial charge in [-0.1, -0.05) is 18.2 Å². The minimum Gasteiger partial charge on any atom is -0.481 e. The van der Waals surface area contributed by atoms with Gasteiger partial charge >= 0.3 is 11.9 Å². The first-order valence-corrected chi connectivity index (χ1v) is 20.2. The van der Waals surface area contributed by atoms with E-state index in [0.29, 0.717) is 35.9 Å². The number of carbonyl (C=O) groups excluding carboxylic acids is 8. The molecule has 0 spiro atoms. The van der Waals surface area contributed by atoms with Gasteiger partial charge in [0.05, 0.1) is 25.5 Å². The molecule has 8 amide bonds. The number of rotatable bonds is 25. The Hall–Kier alpha value is -6.66. The van der Waals surface area contributed by atoms with Crippen LogP contribution in [0.4, 0.5) is 0 Å². The molecule has 1 aliphatic rings. The molecule has 0 aliphatic carbocycles. The standard InChI is InChI=1S/C39H57N11O13/c1-19(41)33(57)46-26(15-30(52)53)36(60)48-27(16-31(54)55)39(63)50-13-7-11-29(50)38(62)49-28(18-51)37(61)47-25(14-21-17-43-23-9-4-3-8-22(21)23)35(59)45-24(10-5-6-12-40)34(58)44-20(2)32(42)56/h3-4,8-9,17,19-20,24-29,43,51H,5-7,10-16,18,40-41H2,1-2H3,(H2,42,56)(H,44,58)(H,45,59)(H,46,57)(H,47,61)(H,48,60)(H,49,62)(H,52,53)(H,54,55)/t19-,20-,24-,25-,26-,27-,28-,29-/m0/s1. The highest BCUT2D eigenvalue weighted by Gasteiger charge is 2.41. The van der Waals surface area contributed by atoms with Crippen LogP contribution in [0.15, 0.2) is 30.5 Å². The molecule has 2 heterocycles. The first-order valence-electron chi connectivity index (χ1n) is 20.2. The second-order valence-electron chi connectivity index (χ2n) is 15.1. The van der Waals surface area contributed by atoms with Gasteiger partial charge in [0.25, 0.3) is 0 Å². The summed E-state index contributed by atoms with van der Waals surface area (Å²) in [6, 6.07) is -4.39. The number of nitrogens with zero attached hydrogens (tertiary/aromatic N) is 1. The molecule has 0 bridgehead atoms. The highest BCUT2D eigenvalue weighted by atomic mass is 16.4. The Morgan fingerprint density at radius 2 is 1.33 bits per heavy atom. The van der Waals surface area contributed by atoms with Crippen molar-refractivity contribution in [3.8, 4) is 0 Å². The molecule has 0 unspecified atom stereocenters. The summed E-state index contributed by atoms with van der Waals surface area (Å²) in [5, 5.41) is 44.2. The van der Waals surface area contributed by atoms with Crippen LogP contribution < -0.4 is 49.1 Å². The number of aliphatic hydroxyl groups excluding tert-OH is 1.